The van der Waals surface area contributed by atoms with Gasteiger partial charge < -0.3 is 10.1 Å². The van der Waals surface area contributed by atoms with Crippen LogP contribution in [0, 0.1) is 0 Å². The molecule has 3 nitrogen and oxygen atoms in total. The molecule has 2 aromatic carbocycles. The standard InChI is InChI=1S/C17H18ClNO2/c1-21-15-8-6-13(7-9-15)10-11-19-17(20)12-14-4-2-3-5-16(14)18/h2-9H,10-12H2,1H3,(H,19,20). The molecule has 0 bridgehead atoms. The summed E-state index contributed by atoms with van der Waals surface area (Å²) in [6.45, 7) is 0.607. The summed E-state index contributed by atoms with van der Waals surface area (Å²) in [5, 5.41) is 3.53. The van der Waals surface area contributed by atoms with Crippen molar-refractivity contribution in [1.82, 2.24) is 5.32 Å². The number of nitrogens with one attached hydrogen (secondary N) is 1. The van der Waals surface area contributed by atoms with Gasteiger partial charge in [-0.15, -0.1) is 0 Å². The van der Waals surface area contributed by atoms with E-state index in [1.807, 2.05) is 42.5 Å². The Morgan fingerprint density at radius 1 is 1.14 bits per heavy atom. The van der Waals surface area contributed by atoms with Crippen LogP contribution in [0.5, 0.6) is 5.75 Å². The van der Waals surface area contributed by atoms with Gasteiger partial charge in [0.25, 0.3) is 0 Å². The van der Waals surface area contributed by atoms with Crippen molar-refractivity contribution in [2.45, 2.75) is 12.8 Å². The fourth-order valence-electron chi connectivity index (χ4n) is 2.02. The third kappa shape index (κ3) is 4.80. The van der Waals surface area contributed by atoms with Crippen molar-refractivity contribution in [1.29, 1.82) is 0 Å². The van der Waals surface area contributed by atoms with Gasteiger partial charge in [-0.05, 0) is 35.7 Å². The van der Waals surface area contributed by atoms with Gasteiger partial charge in [-0.3, -0.25) is 4.79 Å². The van der Waals surface area contributed by atoms with E-state index >= 15 is 0 Å². The average Bonchev–Trinajstić information content (AvgIpc) is 2.50. The Bertz CT molecular complexity index is 596. The highest BCUT2D eigenvalue weighted by atomic mass is 35.5. The van der Waals surface area contributed by atoms with E-state index < -0.39 is 0 Å². The molecule has 0 aromatic heterocycles. The van der Waals surface area contributed by atoms with Crippen molar-refractivity contribution < 1.29 is 9.53 Å². The first-order chi connectivity index (χ1) is 10.2. The molecule has 0 aliphatic carbocycles. The van der Waals surface area contributed by atoms with E-state index in [0.29, 0.717) is 18.0 Å². The van der Waals surface area contributed by atoms with E-state index in [2.05, 4.69) is 5.32 Å². The lowest BCUT2D eigenvalue weighted by molar-refractivity contribution is -0.120. The van der Waals surface area contributed by atoms with E-state index in [0.717, 1.165) is 23.3 Å². The predicted octanol–water partition coefficient (Wildman–Crippen LogP) is 3.25. The number of ether oxygens (including phenoxy) is 1. The molecule has 1 N–H and O–H groups in total. The maximum atomic E-state index is 11.9. The molecule has 1 amide bonds. The van der Waals surface area contributed by atoms with Crippen molar-refractivity contribution >= 4 is 17.5 Å². The molecular formula is C17H18ClNO2. The smallest absolute Gasteiger partial charge is 0.224 e. The van der Waals surface area contributed by atoms with Crippen LogP contribution in [-0.2, 0) is 17.6 Å². The maximum Gasteiger partial charge on any atom is 0.224 e. The molecule has 2 rings (SSSR count). The molecule has 110 valence electrons. The molecule has 0 saturated carbocycles. The van der Waals surface area contributed by atoms with Crippen LogP contribution in [0.1, 0.15) is 11.1 Å². The Kier molecular flexibility index (Phi) is 5.64. The Labute approximate surface area is 129 Å². The summed E-state index contributed by atoms with van der Waals surface area (Å²) in [5.41, 5.74) is 2.01. The summed E-state index contributed by atoms with van der Waals surface area (Å²) in [4.78, 5) is 11.9. The lowest BCUT2D eigenvalue weighted by Gasteiger charge is -2.07. The zero-order valence-electron chi connectivity index (χ0n) is 11.9. The minimum Gasteiger partial charge on any atom is -0.497 e. The number of rotatable bonds is 6. The molecule has 0 aliphatic heterocycles. The molecule has 0 radical (unpaired) electrons. The van der Waals surface area contributed by atoms with Crippen molar-refractivity contribution in [3.8, 4) is 5.75 Å². The second-order valence-electron chi connectivity index (χ2n) is 4.72. The highest BCUT2D eigenvalue weighted by molar-refractivity contribution is 6.31. The third-order valence-corrected chi connectivity index (χ3v) is 3.57. The van der Waals surface area contributed by atoms with Crippen molar-refractivity contribution in [3.05, 3.63) is 64.7 Å². The third-order valence-electron chi connectivity index (χ3n) is 3.20. The zero-order chi connectivity index (χ0) is 15.1. The molecule has 21 heavy (non-hydrogen) atoms. The lowest BCUT2D eigenvalue weighted by Crippen LogP contribution is -2.27. The summed E-state index contributed by atoms with van der Waals surface area (Å²) in [6.07, 6.45) is 1.10. The van der Waals surface area contributed by atoms with Gasteiger partial charge in [-0.25, -0.2) is 0 Å². The molecule has 0 saturated heterocycles. The van der Waals surface area contributed by atoms with Crippen LogP contribution in [0.3, 0.4) is 0 Å². The van der Waals surface area contributed by atoms with Gasteiger partial charge in [0.05, 0.1) is 13.5 Å². The maximum absolute atomic E-state index is 11.9. The Morgan fingerprint density at radius 2 is 1.86 bits per heavy atom. The minimum atomic E-state index is -0.0170. The molecule has 2 aromatic rings. The van der Waals surface area contributed by atoms with Gasteiger partial charge in [0.1, 0.15) is 5.75 Å². The van der Waals surface area contributed by atoms with Gasteiger partial charge in [0.2, 0.25) is 5.91 Å². The number of methoxy groups -OCH3 is 1. The van der Waals surface area contributed by atoms with Crippen LogP contribution in [0.15, 0.2) is 48.5 Å². The SMILES string of the molecule is COc1ccc(CCNC(=O)Cc2ccccc2Cl)cc1. The summed E-state index contributed by atoms with van der Waals surface area (Å²) in [7, 11) is 1.64. The molecule has 0 aliphatic rings. The summed E-state index contributed by atoms with van der Waals surface area (Å²) in [5.74, 6) is 0.818. The topological polar surface area (TPSA) is 38.3 Å². The van der Waals surface area contributed by atoms with Crippen LogP contribution in [0.25, 0.3) is 0 Å². The van der Waals surface area contributed by atoms with Crippen molar-refractivity contribution in [2.75, 3.05) is 13.7 Å². The first-order valence-electron chi connectivity index (χ1n) is 6.82. The lowest BCUT2D eigenvalue weighted by atomic mass is 10.1. The van der Waals surface area contributed by atoms with Crippen LogP contribution in [0.4, 0.5) is 0 Å². The molecular weight excluding hydrogens is 286 g/mol. The normalized spacial score (nSPS) is 10.2. The zero-order valence-corrected chi connectivity index (χ0v) is 12.7. The van der Waals surface area contributed by atoms with Crippen LogP contribution >= 0.6 is 11.6 Å². The minimum absolute atomic E-state index is 0.0170. The van der Waals surface area contributed by atoms with Gasteiger partial charge in [0.15, 0.2) is 0 Å². The van der Waals surface area contributed by atoms with Crippen LogP contribution in [-0.4, -0.2) is 19.6 Å². The number of hydrogen-bond donors (Lipinski definition) is 1. The van der Waals surface area contributed by atoms with Gasteiger partial charge in [-0.2, -0.15) is 0 Å². The number of hydrogen-bond acceptors (Lipinski definition) is 2. The van der Waals surface area contributed by atoms with Gasteiger partial charge in [-0.1, -0.05) is 41.9 Å². The van der Waals surface area contributed by atoms with E-state index in [9.17, 15) is 4.79 Å². The second kappa shape index (κ2) is 7.70. The first kappa shape index (κ1) is 15.4. The fourth-order valence-corrected chi connectivity index (χ4v) is 2.22. The van der Waals surface area contributed by atoms with Crippen LogP contribution in [0.2, 0.25) is 5.02 Å². The molecule has 4 heteroatoms. The number of benzene rings is 2. The first-order valence-corrected chi connectivity index (χ1v) is 7.20. The van der Waals surface area contributed by atoms with E-state index in [4.69, 9.17) is 16.3 Å². The quantitative estimate of drug-likeness (QED) is 0.889. The largest absolute Gasteiger partial charge is 0.497 e. The predicted molar refractivity (Wildman–Crippen MR) is 84.9 cm³/mol. The Balaban J connectivity index is 1.77. The molecule has 0 atom stereocenters. The monoisotopic (exact) mass is 303 g/mol. The Hall–Kier alpha value is -2.00. The van der Waals surface area contributed by atoms with E-state index in [1.54, 1.807) is 13.2 Å². The fraction of sp³-hybridized carbons (Fsp3) is 0.235. The molecule has 0 unspecified atom stereocenters. The molecule has 0 spiro atoms. The van der Waals surface area contributed by atoms with Crippen molar-refractivity contribution in [3.63, 3.8) is 0 Å². The molecule has 0 fully saturated rings. The summed E-state index contributed by atoms with van der Waals surface area (Å²) >= 11 is 6.03. The average molecular weight is 304 g/mol. The Morgan fingerprint density at radius 3 is 2.52 bits per heavy atom. The summed E-state index contributed by atoms with van der Waals surface area (Å²) < 4.78 is 5.11. The summed E-state index contributed by atoms with van der Waals surface area (Å²) in [6, 6.07) is 15.2. The highest BCUT2D eigenvalue weighted by Gasteiger charge is 2.06. The van der Waals surface area contributed by atoms with Gasteiger partial charge in [0, 0.05) is 11.6 Å². The van der Waals surface area contributed by atoms with Gasteiger partial charge >= 0.3 is 0 Å². The number of amides is 1. The van der Waals surface area contributed by atoms with Crippen LogP contribution < -0.4 is 10.1 Å². The highest BCUT2D eigenvalue weighted by Crippen LogP contribution is 2.15. The van der Waals surface area contributed by atoms with E-state index in [1.165, 1.54) is 0 Å². The molecule has 0 heterocycles. The van der Waals surface area contributed by atoms with Crippen molar-refractivity contribution in [2.24, 2.45) is 0 Å². The second-order valence-corrected chi connectivity index (χ2v) is 5.12. The number of carbonyl (C=O) groups is 1. The number of halogens is 1. The number of carbonyl (C=O) groups excluding carboxylic acids is 1. The van der Waals surface area contributed by atoms with E-state index in [-0.39, 0.29) is 5.91 Å².